The molecular formula is C27H20N2O2. The molecule has 1 aromatic heterocycles. The van der Waals surface area contributed by atoms with E-state index >= 15 is 0 Å². The Kier molecular flexibility index (Phi) is 3.57. The number of hydrogen-bond acceptors (Lipinski definition) is 3. The Morgan fingerprint density at radius 3 is 2.00 bits per heavy atom. The largest absolute Gasteiger partial charge is 0.508 e. The summed E-state index contributed by atoms with van der Waals surface area (Å²) in [5.74, 6) is 1.36. The van der Waals surface area contributed by atoms with Crippen LogP contribution in [0.2, 0.25) is 0 Å². The van der Waals surface area contributed by atoms with Crippen LogP contribution in [0.5, 0.6) is 11.5 Å². The van der Waals surface area contributed by atoms with Gasteiger partial charge in [-0.15, -0.1) is 0 Å². The lowest BCUT2D eigenvalue weighted by molar-refractivity contribution is 0.472. The van der Waals surface area contributed by atoms with E-state index in [9.17, 15) is 10.2 Å². The van der Waals surface area contributed by atoms with Gasteiger partial charge in [0, 0.05) is 5.56 Å². The number of nitrogens with zero attached hydrogens (tertiary/aromatic N) is 2. The summed E-state index contributed by atoms with van der Waals surface area (Å²) in [5, 5.41) is 20.0. The second-order valence-corrected chi connectivity index (χ2v) is 8.11. The minimum Gasteiger partial charge on any atom is -0.508 e. The van der Waals surface area contributed by atoms with Crippen molar-refractivity contribution in [2.75, 3.05) is 0 Å². The van der Waals surface area contributed by atoms with Crippen molar-refractivity contribution in [2.24, 2.45) is 0 Å². The number of hydrogen-bond donors (Lipinski definition) is 2. The molecule has 0 spiro atoms. The first kappa shape index (κ1) is 17.8. The molecule has 150 valence electrons. The van der Waals surface area contributed by atoms with Gasteiger partial charge in [0.15, 0.2) is 0 Å². The van der Waals surface area contributed by atoms with Crippen molar-refractivity contribution in [3.05, 3.63) is 113 Å². The van der Waals surface area contributed by atoms with Crippen LogP contribution in [-0.4, -0.2) is 19.8 Å². The Morgan fingerprint density at radius 1 is 0.742 bits per heavy atom. The maximum Gasteiger partial charge on any atom is 0.142 e. The maximum atomic E-state index is 9.99. The molecule has 2 heterocycles. The highest BCUT2D eigenvalue weighted by atomic mass is 16.3. The standard InChI is InChI=1S/C27H20N2O2/c1-17-6-15-25-24(16-17)28-26-22-4-2-3-5-23(22)27(29(25)26,18-7-11-20(30)12-8-18)19-9-13-21(31)14-10-19/h2-16,30-31H,1H3. The third-order valence-electron chi connectivity index (χ3n) is 6.27. The summed E-state index contributed by atoms with van der Waals surface area (Å²) in [6.07, 6.45) is 0. The molecule has 31 heavy (non-hydrogen) atoms. The molecule has 4 aromatic carbocycles. The van der Waals surface area contributed by atoms with E-state index in [1.54, 1.807) is 24.3 Å². The Labute approximate surface area is 179 Å². The molecule has 0 radical (unpaired) electrons. The van der Waals surface area contributed by atoms with Crippen molar-refractivity contribution >= 4 is 11.0 Å². The lowest BCUT2D eigenvalue weighted by Crippen LogP contribution is -2.34. The van der Waals surface area contributed by atoms with Crippen LogP contribution in [-0.2, 0) is 5.54 Å². The fraction of sp³-hybridized carbons (Fsp3) is 0.0741. The normalized spacial score (nSPS) is 13.8. The van der Waals surface area contributed by atoms with Crippen molar-refractivity contribution < 1.29 is 10.2 Å². The summed E-state index contributed by atoms with van der Waals surface area (Å²) in [4.78, 5) is 5.04. The summed E-state index contributed by atoms with van der Waals surface area (Å²) >= 11 is 0. The molecule has 1 aliphatic heterocycles. The number of fused-ring (bicyclic) bond motifs is 5. The average molecular weight is 404 g/mol. The van der Waals surface area contributed by atoms with Crippen LogP contribution in [0, 0.1) is 6.92 Å². The van der Waals surface area contributed by atoms with Crippen LogP contribution < -0.4 is 0 Å². The van der Waals surface area contributed by atoms with Crippen molar-refractivity contribution in [3.63, 3.8) is 0 Å². The smallest absolute Gasteiger partial charge is 0.142 e. The van der Waals surface area contributed by atoms with Gasteiger partial charge in [0.25, 0.3) is 0 Å². The number of aryl methyl sites for hydroxylation is 1. The zero-order valence-electron chi connectivity index (χ0n) is 16.9. The molecule has 0 bridgehead atoms. The number of aromatic nitrogens is 2. The minimum atomic E-state index is -0.683. The first-order chi connectivity index (χ1) is 15.1. The maximum absolute atomic E-state index is 9.99. The molecule has 4 nitrogen and oxygen atoms in total. The van der Waals surface area contributed by atoms with Crippen LogP contribution in [0.15, 0.2) is 91.0 Å². The van der Waals surface area contributed by atoms with Crippen molar-refractivity contribution in [2.45, 2.75) is 12.5 Å². The zero-order chi connectivity index (χ0) is 21.2. The monoisotopic (exact) mass is 404 g/mol. The summed E-state index contributed by atoms with van der Waals surface area (Å²) in [7, 11) is 0. The number of rotatable bonds is 2. The fourth-order valence-electron chi connectivity index (χ4n) is 4.97. The number of benzene rings is 4. The van der Waals surface area contributed by atoms with E-state index in [1.807, 2.05) is 36.4 Å². The van der Waals surface area contributed by atoms with Crippen molar-refractivity contribution in [3.8, 4) is 22.9 Å². The third-order valence-corrected chi connectivity index (χ3v) is 6.27. The lowest BCUT2D eigenvalue weighted by Gasteiger charge is -2.35. The first-order valence-electron chi connectivity index (χ1n) is 10.3. The fourth-order valence-corrected chi connectivity index (χ4v) is 4.97. The molecule has 0 unspecified atom stereocenters. The zero-order valence-corrected chi connectivity index (χ0v) is 16.9. The Morgan fingerprint density at radius 2 is 1.35 bits per heavy atom. The van der Waals surface area contributed by atoms with Crippen LogP contribution in [0.1, 0.15) is 22.3 Å². The second-order valence-electron chi connectivity index (χ2n) is 8.11. The third kappa shape index (κ3) is 2.33. The minimum absolute atomic E-state index is 0.224. The highest BCUT2D eigenvalue weighted by molar-refractivity contribution is 5.88. The van der Waals surface area contributed by atoms with E-state index < -0.39 is 5.54 Å². The molecule has 2 N–H and O–H groups in total. The van der Waals surface area contributed by atoms with Gasteiger partial charge in [-0.1, -0.05) is 54.6 Å². The quantitative estimate of drug-likeness (QED) is 0.396. The van der Waals surface area contributed by atoms with E-state index in [4.69, 9.17) is 4.98 Å². The van der Waals surface area contributed by atoms with E-state index in [0.29, 0.717) is 0 Å². The summed E-state index contributed by atoms with van der Waals surface area (Å²) < 4.78 is 2.30. The molecule has 5 aromatic rings. The van der Waals surface area contributed by atoms with Crippen LogP contribution in [0.25, 0.3) is 22.4 Å². The molecule has 1 aliphatic rings. The average Bonchev–Trinajstić information content (AvgIpc) is 3.28. The molecule has 0 fully saturated rings. The highest BCUT2D eigenvalue weighted by Gasteiger charge is 2.47. The van der Waals surface area contributed by atoms with E-state index in [-0.39, 0.29) is 11.5 Å². The number of aromatic hydroxyl groups is 2. The van der Waals surface area contributed by atoms with Crippen LogP contribution >= 0.6 is 0 Å². The Bertz CT molecular complexity index is 1400. The van der Waals surface area contributed by atoms with Gasteiger partial charge >= 0.3 is 0 Å². The summed E-state index contributed by atoms with van der Waals surface area (Å²) in [5.41, 5.74) is 6.71. The highest BCUT2D eigenvalue weighted by Crippen LogP contribution is 2.53. The van der Waals surface area contributed by atoms with Crippen LogP contribution in [0.3, 0.4) is 0 Å². The Hall–Kier alpha value is -4.05. The van der Waals surface area contributed by atoms with Gasteiger partial charge in [0.1, 0.15) is 22.9 Å². The molecular weight excluding hydrogens is 384 g/mol. The molecule has 6 rings (SSSR count). The molecule has 4 heteroatoms. The van der Waals surface area contributed by atoms with Gasteiger partial charge in [-0.25, -0.2) is 4.98 Å². The molecule has 0 amide bonds. The number of imidazole rings is 1. The van der Waals surface area contributed by atoms with Crippen LogP contribution in [0.4, 0.5) is 0 Å². The molecule has 0 saturated carbocycles. The molecule has 0 saturated heterocycles. The van der Waals surface area contributed by atoms with Gasteiger partial charge in [-0.05, 0) is 65.6 Å². The van der Waals surface area contributed by atoms with E-state index in [0.717, 1.165) is 44.7 Å². The molecule has 0 atom stereocenters. The molecule has 0 aliphatic carbocycles. The van der Waals surface area contributed by atoms with Gasteiger partial charge in [-0.3, -0.25) is 0 Å². The number of phenols is 2. The van der Waals surface area contributed by atoms with Gasteiger partial charge < -0.3 is 14.8 Å². The first-order valence-corrected chi connectivity index (χ1v) is 10.3. The van der Waals surface area contributed by atoms with Gasteiger partial charge in [-0.2, -0.15) is 0 Å². The number of phenolic OH excluding ortho intramolecular Hbond substituents is 2. The van der Waals surface area contributed by atoms with Crippen molar-refractivity contribution in [1.29, 1.82) is 0 Å². The topological polar surface area (TPSA) is 58.3 Å². The Balaban J connectivity index is 1.83. The van der Waals surface area contributed by atoms with Crippen molar-refractivity contribution in [1.82, 2.24) is 9.55 Å². The second kappa shape index (κ2) is 6.22. The predicted octanol–water partition coefficient (Wildman–Crippen LogP) is 5.58. The van der Waals surface area contributed by atoms with Gasteiger partial charge in [0.2, 0.25) is 0 Å². The predicted molar refractivity (Wildman–Crippen MR) is 121 cm³/mol. The van der Waals surface area contributed by atoms with Gasteiger partial charge in [0.05, 0.1) is 11.0 Å². The lowest BCUT2D eigenvalue weighted by atomic mass is 9.77. The van der Waals surface area contributed by atoms with E-state index in [1.165, 1.54) is 0 Å². The van der Waals surface area contributed by atoms with E-state index in [2.05, 4.69) is 41.8 Å². The SMILES string of the molecule is Cc1ccc2c(c1)nc1n2C(c2ccc(O)cc2)(c2ccc(O)cc2)c2ccccc2-1. The summed E-state index contributed by atoms with van der Waals surface area (Å²) in [6.45, 7) is 2.07. The summed E-state index contributed by atoms with van der Waals surface area (Å²) in [6, 6.07) is 29.5.